The van der Waals surface area contributed by atoms with Crippen molar-refractivity contribution in [1.82, 2.24) is 14.9 Å². The van der Waals surface area contributed by atoms with Crippen LogP contribution in [0, 0.1) is 6.92 Å². The number of halogens is 1. The molecule has 0 unspecified atom stereocenters. The van der Waals surface area contributed by atoms with Gasteiger partial charge < -0.3 is 10.2 Å². The fourth-order valence-corrected chi connectivity index (χ4v) is 2.45. The van der Waals surface area contributed by atoms with Crippen molar-refractivity contribution in [2.24, 2.45) is 0 Å². The third kappa shape index (κ3) is 3.80. The Labute approximate surface area is 120 Å². The first kappa shape index (κ1) is 14.5. The van der Waals surface area contributed by atoms with Crippen LogP contribution in [0.2, 0.25) is 5.15 Å². The Hall–Kier alpha value is -0.870. The Morgan fingerprint density at radius 1 is 1.26 bits per heavy atom. The molecule has 0 atom stereocenters. The second-order valence-electron chi connectivity index (χ2n) is 5.48. The van der Waals surface area contributed by atoms with Gasteiger partial charge in [-0.05, 0) is 32.9 Å². The molecule has 1 fully saturated rings. The Morgan fingerprint density at radius 2 is 1.95 bits per heavy atom. The van der Waals surface area contributed by atoms with Gasteiger partial charge in [-0.2, -0.15) is 0 Å². The van der Waals surface area contributed by atoms with Crippen LogP contribution in [0.15, 0.2) is 0 Å². The van der Waals surface area contributed by atoms with E-state index in [1.54, 1.807) is 0 Å². The van der Waals surface area contributed by atoms with Gasteiger partial charge in [-0.25, -0.2) is 9.97 Å². The largest absolute Gasteiger partial charge is 0.368 e. The van der Waals surface area contributed by atoms with Crippen molar-refractivity contribution in [2.75, 3.05) is 31.5 Å². The van der Waals surface area contributed by atoms with Crippen LogP contribution in [0.5, 0.6) is 0 Å². The molecule has 1 aromatic rings. The number of nitrogens with one attached hydrogen (secondary N) is 1. The van der Waals surface area contributed by atoms with Crippen molar-refractivity contribution in [1.29, 1.82) is 0 Å². The Morgan fingerprint density at radius 3 is 2.58 bits per heavy atom. The molecule has 1 aromatic heterocycles. The number of hydrogen-bond donors (Lipinski definition) is 1. The van der Waals surface area contributed by atoms with Gasteiger partial charge in [0.05, 0.1) is 0 Å². The Balaban J connectivity index is 1.98. The molecule has 0 amide bonds. The fourth-order valence-electron chi connectivity index (χ4n) is 2.27. The lowest BCUT2D eigenvalue weighted by Crippen LogP contribution is -2.26. The summed E-state index contributed by atoms with van der Waals surface area (Å²) in [6.45, 7) is 10.5. The van der Waals surface area contributed by atoms with Gasteiger partial charge in [0.25, 0.3) is 0 Å². The molecule has 5 heteroatoms. The monoisotopic (exact) mass is 282 g/mol. The van der Waals surface area contributed by atoms with Crippen LogP contribution in [0.3, 0.4) is 0 Å². The third-order valence-corrected chi connectivity index (χ3v) is 3.91. The predicted octanol–water partition coefficient (Wildman–Crippen LogP) is 3.07. The van der Waals surface area contributed by atoms with E-state index in [0.29, 0.717) is 5.15 Å². The van der Waals surface area contributed by atoms with Crippen LogP contribution in [-0.4, -0.2) is 41.0 Å². The summed E-state index contributed by atoms with van der Waals surface area (Å²) in [5, 5.41) is 3.96. The van der Waals surface area contributed by atoms with E-state index < -0.39 is 0 Å². The van der Waals surface area contributed by atoms with Gasteiger partial charge in [-0.1, -0.05) is 25.4 Å². The lowest BCUT2D eigenvalue weighted by atomic mass is 10.2. The summed E-state index contributed by atoms with van der Waals surface area (Å²) in [4.78, 5) is 11.4. The first-order valence-corrected chi connectivity index (χ1v) is 7.46. The first-order valence-electron chi connectivity index (χ1n) is 7.08. The normalized spacial score (nSPS) is 16.3. The third-order valence-electron chi connectivity index (χ3n) is 3.54. The molecule has 0 aromatic carbocycles. The molecule has 19 heavy (non-hydrogen) atoms. The summed E-state index contributed by atoms with van der Waals surface area (Å²) in [5.74, 6) is 1.97. The van der Waals surface area contributed by atoms with Crippen LogP contribution in [0.4, 0.5) is 5.82 Å². The number of rotatable bonds is 5. The minimum atomic E-state index is 0.289. The summed E-state index contributed by atoms with van der Waals surface area (Å²) in [6.07, 6.45) is 2.66. The Kier molecular flexibility index (Phi) is 4.99. The average molecular weight is 283 g/mol. The molecular weight excluding hydrogens is 260 g/mol. The molecule has 4 nitrogen and oxygen atoms in total. The van der Waals surface area contributed by atoms with Crippen LogP contribution >= 0.6 is 11.6 Å². The highest BCUT2D eigenvalue weighted by atomic mass is 35.5. The van der Waals surface area contributed by atoms with Gasteiger partial charge in [0.1, 0.15) is 16.8 Å². The first-order chi connectivity index (χ1) is 9.08. The zero-order valence-corrected chi connectivity index (χ0v) is 12.8. The van der Waals surface area contributed by atoms with Gasteiger partial charge in [0, 0.05) is 24.6 Å². The molecule has 0 saturated carbocycles. The highest BCUT2D eigenvalue weighted by molar-refractivity contribution is 6.30. The summed E-state index contributed by atoms with van der Waals surface area (Å²) >= 11 is 6.17. The number of nitrogens with zero attached hydrogens (tertiary/aromatic N) is 3. The SMILES string of the molecule is Cc1c(Cl)nc(C(C)C)nc1NCCN1CCCC1. The summed E-state index contributed by atoms with van der Waals surface area (Å²) in [6, 6.07) is 0. The zero-order chi connectivity index (χ0) is 13.8. The van der Waals surface area contributed by atoms with Crippen LogP contribution < -0.4 is 5.32 Å². The van der Waals surface area contributed by atoms with E-state index in [0.717, 1.165) is 30.3 Å². The van der Waals surface area contributed by atoms with E-state index in [1.807, 2.05) is 6.92 Å². The van der Waals surface area contributed by atoms with E-state index in [-0.39, 0.29) is 5.92 Å². The molecule has 0 spiro atoms. The maximum absolute atomic E-state index is 6.17. The molecule has 1 N–H and O–H groups in total. The lowest BCUT2D eigenvalue weighted by molar-refractivity contribution is 0.352. The van der Waals surface area contributed by atoms with E-state index in [1.165, 1.54) is 25.9 Å². The zero-order valence-electron chi connectivity index (χ0n) is 12.0. The van der Waals surface area contributed by atoms with E-state index >= 15 is 0 Å². The van der Waals surface area contributed by atoms with Gasteiger partial charge >= 0.3 is 0 Å². The summed E-state index contributed by atoms with van der Waals surface area (Å²) in [7, 11) is 0. The standard InChI is InChI=1S/C14H23ClN4/c1-10(2)13-17-12(15)11(3)14(18-13)16-6-9-19-7-4-5-8-19/h10H,4-9H2,1-3H3,(H,16,17,18). The minimum Gasteiger partial charge on any atom is -0.368 e. The van der Waals surface area contributed by atoms with Crippen molar-refractivity contribution in [3.63, 3.8) is 0 Å². The molecule has 0 aliphatic carbocycles. The lowest BCUT2D eigenvalue weighted by Gasteiger charge is -2.17. The molecule has 2 rings (SSSR count). The molecule has 0 bridgehead atoms. The van der Waals surface area contributed by atoms with E-state index in [9.17, 15) is 0 Å². The van der Waals surface area contributed by atoms with Gasteiger partial charge in [-0.3, -0.25) is 0 Å². The smallest absolute Gasteiger partial charge is 0.137 e. The van der Waals surface area contributed by atoms with Crippen LogP contribution in [0.1, 0.15) is 44.0 Å². The number of anilines is 1. The molecule has 1 aliphatic heterocycles. The molecular formula is C14H23ClN4. The van der Waals surface area contributed by atoms with E-state index in [4.69, 9.17) is 11.6 Å². The molecule has 0 radical (unpaired) electrons. The molecule has 1 aliphatic rings. The van der Waals surface area contributed by atoms with Crippen LogP contribution in [0.25, 0.3) is 0 Å². The Bertz CT molecular complexity index is 428. The highest BCUT2D eigenvalue weighted by Gasteiger charge is 2.13. The van der Waals surface area contributed by atoms with Crippen molar-refractivity contribution in [3.05, 3.63) is 16.5 Å². The van der Waals surface area contributed by atoms with Crippen molar-refractivity contribution in [3.8, 4) is 0 Å². The molecule has 1 saturated heterocycles. The molecule has 2 heterocycles. The summed E-state index contributed by atoms with van der Waals surface area (Å²) in [5.41, 5.74) is 0.937. The number of hydrogen-bond acceptors (Lipinski definition) is 4. The van der Waals surface area contributed by atoms with Crippen molar-refractivity contribution in [2.45, 2.75) is 39.5 Å². The predicted molar refractivity (Wildman–Crippen MR) is 80.0 cm³/mol. The van der Waals surface area contributed by atoms with Crippen molar-refractivity contribution < 1.29 is 0 Å². The quantitative estimate of drug-likeness (QED) is 0.843. The second kappa shape index (κ2) is 6.53. The average Bonchev–Trinajstić information content (AvgIpc) is 2.87. The maximum Gasteiger partial charge on any atom is 0.137 e. The minimum absolute atomic E-state index is 0.289. The molecule has 106 valence electrons. The maximum atomic E-state index is 6.17. The number of aromatic nitrogens is 2. The van der Waals surface area contributed by atoms with Crippen molar-refractivity contribution >= 4 is 17.4 Å². The number of likely N-dealkylation sites (tertiary alicyclic amines) is 1. The topological polar surface area (TPSA) is 41.1 Å². The van der Waals surface area contributed by atoms with Gasteiger partial charge in [-0.15, -0.1) is 0 Å². The highest BCUT2D eigenvalue weighted by Crippen LogP contribution is 2.22. The van der Waals surface area contributed by atoms with Gasteiger partial charge in [0.2, 0.25) is 0 Å². The van der Waals surface area contributed by atoms with Crippen LogP contribution in [-0.2, 0) is 0 Å². The van der Waals surface area contributed by atoms with E-state index in [2.05, 4.69) is 34.0 Å². The fraction of sp³-hybridized carbons (Fsp3) is 0.714. The van der Waals surface area contributed by atoms with Gasteiger partial charge in [0.15, 0.2) is 0 Å². The summed E-state index contributed by atoms with van der Waals surface area (Å²) < 4.78 is 0. The second-order valence-corrected chi connectivity index (χ2v) is 5.83.